The molecular weight excluding hydrogens is 288 g/mol. The molecule has 0 saturated carbocycles. The molecule has 5 nitrogen and oxygen atoms in total. The van der Waals surface area contributed by atoms with E-state index in [1.807, 2.05) is 28.1 Å². The van der Waals surface area contributed by atoms with Crippen LogP contribution < -0.4 is 4.90 Å². The molecule has 118 valence electrons. The maximum Gasteiger partial charge on any atom is 0.324 e. The van der Waals surface area contributed by atoms with Crippen molar-refractivity contribution in [3.05, 3.63) is 54.1 Å². The van der Waals surface area contributed by atoms with Crippen LogP contribution in [0.3, 0.4) is 0 Å². The summed E-state index contributed by atoms with van der Waals surface area (Å²) >= 11 is 0. The molecule has 0 spiro atoms. The highest BCUT2D eigenvalue weighted by Gasteiger charge is 2.32. The third kappa shape index (κ3) is 2.67. The lowest BCUT2D eigenvalue weighted by atomic mass is 10.0. The summed E-state index contributed by atoms with van der Waals surface area (Å²) in [5.74, 6) is 0.299. The van der Waals surface area contributed by atoms with Gasteiger partial charge in [0.25, 0.3) is 0 Å². The van der Waals surface area contributed by atoms with Gasteiger partial charge in [0.15, 0.2) is 0 Å². The van der Waals surface area contributed by atoms with E-state index in [-0.39, 0.29) is 6.03 Å². The van der Waals surface area contributed by atoms with Crippen molar-refractivity contribution in [3.63, 3.8) is 0 Å². The van der Waals surface area contributed by atoms with Crippen LogP contribution in [0.5, 0.6) is 0 Å². The minimum absolute atomic E-state index is 0.128. The average Bonchev–Trinajstić information content (AvgIpc) is 3.11. The van der Waals surface area contributed by atoms with E-state index in [1.165, 1.54) is 5.56 Å². The molecular formula is C18H20N4O. The lowest BCUT2D eigenvalue weighted by Gasteiger charge is -2.32. The van der Waals surface area contributed by atoms with Gasteiger partial charge in [0.2, 0.25) is 0 Å². The van der Waals surface area contributed by atoms with Crippen LogP contribution in [0.15, 0.2) is 42.9 Å². The number of amides is 2. The van der Waals surface area contributed by atoms with Crippen LogP contribution in [-0.4, -0.2) is 40.5 Å². The van der Waals surface area contributed by atoms with Crippen LogP contribution in [0, 0.1) is 0 Å². The molecule has 4 rings (SSSR count). The van der Waals surface area contributed by atoms with Gasteiger partial charge in [-0.25, -0.2) is 4.79 Å². The highest BCUT2D eigenvalue weighted by atomic mass is 16.2. The Hall–Kier alpha value is -2.43. The Morgan fingerprint density at radius 2 is 2.09 bits per heavy atom. The number of para-hydroxylation sites is 1. The number of carbonyl (C=O) groups excluding carboxylic acids is 1. The number of nitrogens with zero attached hydrogens (tertiary/aromatic N) is 4. The summed E-state index contributed by atoms with van der Waals surface area (Å²) in [7, 11) is 0. The van der Waals surface area contributed by atoms with Gasteiger partial charge in [0.05, 0.1) is 5.69 Å². The van der Waals surface area contributed by atoms with E-state index in [1.54, 1.807) is 12.4 Å². The van der Waals surface area contributed by atoms with Gasteiger partial charge >= 0.3 is 6.03 Å². The van der Waals surface area contributed by atoms with Gasteiger partial charge in [-0.2, -0.15) is 0 Å². The lowest BCUT2D eigenvalue weighted by Crippen LogP contribution is -2.44. The van der Waals surface area contributed by atoms with Crippen molar-refractivity contribution in [1.29, 1.82) is 0 Å². The molecule has 1 saturated heterocycles. The number of rotatable bonds is 1. The summed E-state index contributed by atoms with van der Waals surface area (Å²) < 4.78 is 0. The van der Waals surface area contributed by atoms with Crippen molar-refractivity contribution in [3.8, 4) is 0 Å². The molecule has 1 aromatic carbocycles. The maximum atomic E-state index is 13.0. The topological polar surface area (TPSA) is 49.3 Å². The molecule has 1 aromatic heterocycles. The van der Waals surface area contributed by atoms with Gasteiger partial charge in [-0.3, -0.25) is 14.9 Å². The highest BCUT2D eigenvalue weighted by molar-refractivity contribution is 5.93. The van der Waals surface area contributed by atoms with Crippen LogP contribution in [-0.2, 0) is 6.42 Å². The number of likely N-dealkylation sites (tertiary alicyclic amines) is 1. The molecule has 0 bridgehead atoms. The standard InChI is InChI=1S/C18H20N4O/c23-18(22-10-3-5-14-4-1-2-6-17(14)22)21-11-7-15(13-21)16-12-19-8-9-20-16/h1-2,4,6,8-9,12,15H,3,5,7,10-11,13H2. The summed E-state index contributed by atoms with van der Waals surface area (Å²) in [4.78, 5) is 25.4. The van der Waals surface area contributed by atoms with Gasteiger partial charge < -0.3 is 4.90 Å². The predicted molar refractivity (Wildman–Crippen MR) is 88.5 cm³/mol. The third-order valence-electron chi connectivity index (χ3n) is 4.80. The fraction of sp³-hybridized carbons (Fsp3) is 0.389. The molecule has 0 radical (unpaired) electrons. The number of hydrogen-bond donors (Lipinski definition) is 0. The van der Waals surface area contributed by atoms with Crippen LogP contribution in [0.4, 0.5) is 10.5 Å². The Balaban J connectivity index is 1.51. The molecule has 23 heavy (non-hydrogen) atoms. The Morgan fingerprint density at radius 1 is 1.17 bits per heavy atom. The van der Waals surface area contributed by atoms with Gasteiger partial charge in [-0.05, 0) is 30.9 Å². The van der Waals surface area contributed by atoms with E-state index in [0.29, 0.717) is 5.92 Å². The smallest absolute Gasteiger partial charge is 0.324 e. The molecule has 2 amide bonds. The number of hydrogen-bond acceptors (Lipinski definition) is 3. The predicted octanol–water partition coefficient (Wildman–Crippen LogP) is 2.84. The first-order valence-electron chi connectivity index (χ1n) is 8.23. The summed E-state index contributed by atoms with van der Waals surface area (Å²) in [6, 6.07) is 8.37. The van der Waals surface area contributed by atoms with Crippen molar-refractivity contribution < 1.29 is 4.79 Å². The summed E-state index contributed by atoms with van der Waals surface area (Å²) in [6.45, 7) is 2.33. The first kappa shape index (κ1) is 14.2. The van der Waals surface area contributed by atoms with Gasteiger partial charge in [-0.1, -0.05) is 18.2 Å². The first-order chi connectivity index (χ1) is 11.3. The Bertz CT molecular complexity index is 703. The largest absolute Gasteiger partial charge is 0.324 e. The van der Waals surface area contributed by atoms with Crippen LogP contribution in [0.1, 0.15) is 30.0 Å². The van der Waals surface area contributed by atoms with Crippen molar-refractivity contribution >= 4 is 11.7 Å². The summed E-state index contributed by atoms with van der Waals surface area (Å²) in [6.07, 6.45) is 8.27. The van der Waals surface area contributed by atoms with Crippen molar-refractivity contribution in [1.82, 2.24) is 14.9 Å². The number of anilines is 1. The quantitative estimate of drug-likeness (QED) is 0.814. The van der Waals surface area contributed by atoms with Gasteiger partial charge in [0, 0.05) is 49.8 Å². The zero-order chi connectivity index (χ0) is 15.6. The van der Waals surface area contributed by atoms with E-state index in [4.69, 9.17) is 0 Å². The molecule has 0 aliphatic carbocycles. The van der Waals surface area contributed by atoms with Crippen molar-refractivity contribution in [2.45, 2.75) is 25.2 Å². The van der Waals surface area contributed by atoms with Crippen LogP contribution in [0.25, 0.3) is 0 Å². The monoisotopic (exact) mass is 308 g/mol. The molecule has 1 unspecified atom stereocenters. The molecule has 2 aliphatic heterocycles. The van der Waals surface area contributed by atoms with Gasteiger partial charge in [0.1, 0.15) is 0 Å². The lowest BCUT2D eigenvalue weighted by molar-refractivity contribution is 0.214. The second-order valence-electron chi connectivity index (χ2n) is 6.23. The zero-order valence-corrected chi connectivity index (χ0v) is 13.1. The van der Waals surface area contributed by atoms with Crippen molar-refractivity contribution in [2.24, 2.45) is 0 Å². The van der Waals surface area contributed by atoms with E-state index in [0.717, 1.165) is 50.3 Å². The maximum absolute atomic E-state index is 13.0. The Kier molecular flexibility index (Phi) is 3.69. The fourth-order valence-corrected chi connectivity index (χ4v) is 3.60. The number of benzene rings is 1. The number of aryl methyl sites for hydroxylation is 1. The molecule has 2 aromatic rings. The van der Waals surface area contributed by atoms with Crippen LogP contribution in [0.2, 0.25) is 0 Å². The number of fused-ring (bicyclic) bond motifs is 1. The Labute approximate surface area is 136 Å². The zero-order valence-electron chi connectivity index (χ0n) is 13.1. The van der Waals surface area contributed by atoms with Crippen LogP contribution >= 0.6 is 0 Å². The molecule has 1 atom stereocenters. The number of carbonyl (C=O) groups is 1. The Morgan fingerprint density at radius 3 is 2.96 bits per heavy atom. The number of urea groups is 1. The summed E-state index contributed by atoms with van der Waals surface area (Å²) in [5, 5.41) is 0. The van der Waals surface area contributed by atoms with E-state index >= 15 is 0 Å². The molecule has 5 heteroatoms. The van der Waals surface area contributed by atoms with Gasteiger partial charge in [-0.15, -0.1) is 0 Å². The molecule has 2 aliphatic rings. The molecule has 3 heterocycles. The minimum atomic E-state index is 0.128. The highest BCUT2D eigenvalue weighted by Crippen LogP contribution is 2.31. The number of aromatic nitrogens is 2. The SMILES string of the molecule is O=C(N1CCC(c2cnccn2)C1)N1CCCc2ccccc21. The second kappa shape index (κ2) is 5.99. The average molecular weight is 308 g/mol. The van der Waals surface area contributed by atoms with E-state index in [9.17, 15) is 4.79 Å². The first-order valence-corrected chi connectivity index (χ1v) is 8.23. The minimum Gasteiger partial charge on any atom is -0.324 e. The van der Waals surface area contributed by atoms with E-state index < -0.39 is 0 Å². The van der Waals surface area contributed by atoms with E-state index in [2.05, 4.69) is 22.1 Å². The fourth-order valence-electron chi connectivity index (χ4n) is 3.60. The summed E-state index contributed by atoms with van der Waals surface area (Å²) in [5.41, 5.74) is 3.34. The second-order valence-corrected chi connectivity index (χ2v) is 6.23. The molecule has 1 fully saturated rings. The third-order valence-corrected chi connectivity index (χ3v) is 4.80. The molecule has 0 N–H and O–H groups in total. The normalized spacial score (nSPS) is 20.4. The van der Waals surface area contributed by atoms with Crippen molar-refractivity contribution in [2.75, 3.05) is 24.5 Å².